The maximum absolute atomic E-state index is 12.4. The fourth-order valence-corrected chi connectivity index (χ4v) is 1.25. The zero-order valence-electron chi connectivity index (χ0n) is 8.21. The van der Waals surface area contributed by atoms with Crippen LogP contribution < -0.4 is 56.8 Å². The Hall–Kier alpha value is 0.111. The third kappa shape index (κ3) is 3.56. The zero-order chi connectivity index (χ0) is 10.9. The minimum atomic E-state index is -5.33. The molecule has 1 aromatic rings. The minimum absolute atomic E-state index is 0. The van der Waals surface area contributed by atoms with Crippen molar-refractivity contribution in [1.82, 2.24) is 0 Å². The van der Waals surface area contributed by atoms with Crippen LogP contribution >= 0.6 is 0 Å². The van der Waals surface area contributed by atoms with Gasteiger partial charge in [0.1, 0.15) is 0 Å². The third-order valence-corrected chi connectivity index (χ3v) is 1.83. The molecule has 0 radical (unpaired) electrons. The van der Waals surface area contributed by atoms with Crippen molar-refractivity contribution in [3.8, 4) is 0 Å². The van der Waals surface area contributed by atoms with Gasteiger partial charge < -0.3 is 12.9 Å². The van der Waals surface area contributed by atoms with E-state index in [2.05, 4.69) is 0 Å². The molecular weight excluding hydrogens is 237 g/mol. The van der Waals surface area contributed by atoms with Gasteiger partial charge in [0.05, 0.1) is 4.92 Å². The Bertz CT molecular complexity index is 383. The number of rotatable bonds is 2. The van der Waals surface area contributed by atoms with Crippen LogP contribution in [0.15, 0.2) is 18.2 Å². The number of halogens is 3. The summed E-state index contributed by atoms with van der Waals surface area (Å²) in [6, 6.07) is 3.30. The number of nitro benzene ring substituents is 1. The Balaban J connectivity index is 0.00000196. The number of hydrogen-bond donors (Lipinski definition) is 0. The van der Waals surface area contributed by atoms with Crippen molar-refractivity contribution in [3.05, 3.63) is 33.9 Å². The molecule has 0 fully saturated rings. The molecular formula is C7H6BF3KNO2. The van der Waals surface area contributed by atoms with Crippen molar-refractivity contribution in [2.24, 2.45) is 0 Å². The maximum Gasteiger partial charge on any atom is 1.00 e. The van der Waals surface area contributed by atoms with E-state index in [1.165, 1.54) is 19.1 Å². The number of nitro groups is 1. The van der Waals surface area contributed by atoms with Gasteiger partial charge in [0.15, 0.2) is 0 Å². The van der Waals surface area contributed by atoms with Crippen LogP contribution in [0.2, 0.25) is 0 Å². The van der Waals surface area contributed by atoms with E-state index in [9.17, 15) is 23.1 Å². The molecule has 0 amide bonds. The Labute approximate surface area is 127 Å². The molecule has 0 heterocycles. The SMILES string of the molecule is Cc1cccc([N+](=O)[O-])c1[B-](F)(F)F.[K+]. The molecule has 0 aliphatic rings. The van der Waals surface area contributed by atoms with E-state index in [4.69, 9.17) is 0 Å². The first-order chi connectivity index (χ1) is 6.34. The van der Waals surface area contributed by atoms with E-state index in [1.54, 1.807) is 0 Å². The van der Waals surface area contributed by atoms with Crippen LogP contribution in [-0.4, -0.2) is 11.9 Å². The van der Waals surface area contributed by atoms with Gasteiger partial charge in [0, 0.05) is 6.07 Å². The molecule has 3 nitrogen and oxygen atoms in total. The van der Waals surface area contributed by atoms with Crippen LogP contribution in [0.3, 0.4) is 0 Å². The molecule has 0 unspecified atom stereocenters. The molecule has 0 bridgehead atoms. The van der Waals surface area contributed by atoms with Gasteiger partial charge in [-0.25, -0.2) is 0 Å². The van der Waals surface area contributed by atoms with E-state index in [0.717, 1.165) is 6.07 Å². The fraction of sp³-hybridized carbons (Fsp3) is 0.143. The quantitative estimate of drug-likeness (QED) is 0.378. The zero-order valence-corrected chi connectivity index (χ0v) is 11.3. The molecule has 0 aromatic heterocycles. The van der Waals surface area contributed by atoms with Gasteiger partial charge in [0.2, 0.25) is 5.69 Å². The van der Waals surface area contributed by atoms with Crippen LogP contribution in [0.5, 0.6) is 0 Å². The Morgan fingerprint density at radius 3 is 2.20 bits per heavy atom. The standard InChI is InChI=1S/C7H6BF3NO2.K/c1-5-3-2-4-6(12(13)14)7(5)8(9,10)11;/h2-4H,1H3;/q-1;+1. The summed E-state index contributed by atoms with van der Waals surface area (Å²) in [5.41, 5.74) is -2.11. The van der Waals surface area contributed by atoms with E-state index in [1.807, 2.05) is 0 Å². The van der Waals surface area contributed by atoms with E-state index >= 15 is 0 Å². The fourth-order valence-electron chi connectivity index (χ4n) is 1.25. The first-order valence-electron chi connectivity index (χ1n) is 3.78. The van der Waals surface area contributed by atoms with Crippen molar-refractivity contribution in [2.45, 2.75) is 6.92 Å². The summed E-state index contributed by atoms with van der Waals surface area (Å²) in [5, 5.41) is 10.3. The molecule has 0 atom stereocenters. The van der Waals surface area contributed by atoms with Gasteiger partial charge in [0.25, 0.3) is 0 Å². The van der Waals surface area contributed by atoms with Gasteiger partial charge in [-0.1, -0.05) is 17.7 Å². The molecule has 15 heavy (non-hydrogen) atoms. The summed E-state index contributed by atoms with van der Waals surface area (Å²) in [4.78, 5) is 9.32. The molecule has 0 spiro atoms. The topological polar surface area (TPSA) is 43.1 Å². The second-order valence-corrected chi connectivity index (χ2v) is 2.84. The van der Waals surface area contributed by atoms with Crippen LogP contribution in [0, 0.1) is 17.0 Å². The van der Waals surface area contributed by atoms with E-state index < -0.39 is 23.1 Å². The Morgan fingerprint density at radius 2 is 1.87 bits per heavy atom. The van der Waals surface area contributed by atoms with Crippen molar-refractivity contribution in [1.29, 1.82) is 0 Å². The predicted octanol–water partition coefficient (Wildman–Crippen LogP) is -1.04. The summed E-state index contributed by atoms with van der Waals surface area (Å²) < 4.78 is 37.3. The molecule has 1 aromatic carbocycles. The van der Waals surface area contributed by atoms with E-state index in [0.29, 0.717) is 0 Å². The second-order valence-electron chi connectivity index (χ2n) is 2.84. The molecule has 76 valence electrons. The maximum atomic E-state index is 12.4. The van der Waals surface area contributed by atoms with Gasteiger partial charge in [-0.05, 0) is 12.4 Å². The second kappa shape index (κ2) is 5.44. The third-order valence-electron chi connectivity index (χ3n) is 1.83. The number of hydrogen-bond acceptors (Lipinski definition) is 2. The summed E-state index contributed by atoms with van der Waals surface area (Å²) in [6.45, 7) is -4.13. The first-order valence-corrected chi connectivity index (χ1v) is 3.78. The summed E-state index contributed by atoms with van der Waals surface area (Å²) >= 11 is 0. The molecule has 0 aliphatic heterocycles. The molecule has 0 aliphatic carbocycles. The van der Waals surface area contributed by atoms with Crippen LogP contribution in [-0.2, 0) is 0 Å². The molecule has 0 N–H and O–H groups in total. The van der Waals surface area contributed by atoms with Crippen molar-refractivity contribution in [3.63, 3.8) is 0 Å². The van der Waals surface area contributed by atoms with Crippen molar-refractivity contribution >= 4 is 18.1 Å². The molecule has 0 saturated carbocycles. The van der Waals surface area contributed by atoms with Crippen LogP contribution in [0.1, 0.15) is 5.56 Å². The summed E-state index contributed by atoms with van der Waals surface area (Å²) in [6.07, 6.45) is 0. The average molecular weight is 243 g/mol. The molecule has 1 rings (SSSR count). The molecule has 0 saturated heterocycles. The average Bonchev–Trinajstić information content (AvgIpc) is 2.01. The Morgan fingerprint density at radius 1 is 1.33 bits per heavy atom. The Kier molecular flexibility index (Phi) is 5.48. The van der Waals surface area contributed by atoms with Gasteiger partial charge in [-0.15, -0.1) is 0 Å². The van der Waals surface area contributed by atoms with Crippen LogP contribution in [0.25, 0.3) is 0 Å². The predicted molar refractivity (Wildman–Crippen MR) is 46.5 cm³/mol. The van der Waals surface area contributed by atoms with Gasteiger partial charge in [-0.2, -0.15) is 0 Å². The van der Waals surface area contributed by atoms with Crippen LogP contribution in [0.4, 0.5) is 18.6 Å². The smallest absolute Gasteiger partial charge is 0.445 e. The summed E-state index contributed by atoms with van der Waals surface area (Å²) in [5.74, 6) is 0. The first kappa shape index (κ1) is 15.1. The normalized spacial score (nSPS) is 10.7. The number of benzene rings is 1. The molecule has 8 heteroatoms. The number of aryl methyl sites for hydroxylation is 1. The number of nitrogens with zero attached hydrogens (tertiary/aromatic N) is 1. The monoisotopic (exact) mass is 243 g/mol. The van der Waals surface area contributed by atoms with Gasteiger partial charge >= 0.3 is 58.4 Å². The minimum Gasteiger partial charge on any atom is -0.445 e. The summed E-state index contributed by atoms with van der Waals surface area (Å²) in [7, 11) is 0. The largest absolute Gasteiger partial charge is 1.00 e. The van der Waals surface area contributed by atoms with Crippen molar-refractivity contribution in [2.75, 3.05) is 0 Å². The van der Waals surface area contributed by atoms with Crippen molar-refractivity contribution < 1.29 is 69.3 Å². The van der Waals surface area contributed by atoms with E-state index in [-0.39, 0.29) is 56.9 Å². The van der Waals surface area contributed by atoms with Gasteiger partial charge in [-0.3, -0.25) is 10.1 Å².